The molecular formula is C23H25N3O3. The van der Waals surface area contributed by atoms with E-state index in [1.54, 1.807) is 10.9 Å². The molecule has 0 saturated heterocycles. The first-order valence-corrected chi connectivity index (χ1v) is 9.80. The molecule has 1 heterocycles. The van der Waals surface area contributed by atoms with Crippen LogP contribution in [0.4, 0.5) is 0 Å². The number of nitrogens with zero attached hydrogens (tertiary/aromatic N) is 2. The molecule has 6 nitrogen and oxygen atoms in total. The smallest absolute Gasteiger partial charge is 0.303 e. The van der Waals surface area contributed by atoms with Gasteiger partial charge in [0.2, 0.25) is 0 Å². The molecule has 150 valence electrons. The van der Waals surface area contributed by atoms with Crippen LogP contribution < -0.4 is 5.32 Å². The number of carboxylic acid groups (broad SMARTS) is 1. The molecule has 0 spiro atoms. The van der Waals surface area contributed by atoms with Crippen molar-refractivity contribution in [3.63, 3.8) is 0 Å². The highest BCUT2D eigenvalue weighted by molar-refractivity contribution is 5.99. The van der Waals surface area contributed by atoms with Crippen LogP contribution in [0.5, 0.6) is 0 Å². The third-order valence-corrected chi connectivity index (χ3v) is 4.59. The van der Waals surface area contributed by atoms with Crippen molar-refractivity contribution in [1.29, 1.82) is 0 Å². The number of benzene rings is 2. The Morgan fingerprint density at radius 2 is 1.62 bits per heavy atom. The van der Waals surface area contributed by atoms with Crippen LogP contribution in [0.3, 0.4) is 0 Å². The molecule has 0 unspecified atom stereocenters. The van der Waals surface area contributed by atoms with Crippen LogP contribution in [0.2, 0.25) is 0 Å². The summed E-state index contributed by atoms with van der Waals surface area (Å²) in [5.41, 5.74) is 3.20. The minimum Gasteiger partial charge on any atom is -0.481 e. The summed E-state index contributed by atoms with van der Waals surface area (Å²) in [5, 5.41) is 16.3. The number of rotatable bonds is 10. The van der Waals surface area contributed by atoms with E-state index >= 15 is 0 Å². The summed E-state index contributed by atoms with van der Waals surface area (Å²) < 4.78 is 1.79. The first kappa shape index (κ1) is 20.3. The van der Waals surface area contributed by atoms with Crippen LogP contribution in [0.25, 0.3) is 11.3 Å². The molecule has 0 aliphatic carbocycles. The fourth-order valence-electron chi connectivity index (χ4n) is 3.12. The zero-order valence-electron chi connectivity index (χ0n) is 16.3. The molecular weight excluding hydrogens is 366 g/mol. The number of aromatic nitrogens is 2. The largest absolute Gasteiger partial charge is 0.481 e. The molecule has 29 heavy (non-hydrogen) atoms. The Morgan fingerprint density at radius 3 is 2.31 bits per heavy atom. The molecule has 0 aliphatic rings. The summed E-state index contributed by atoms with van der Waals surface area (Å²) in [4.78, 5) is 23.3. The number of unbranched alkanes of at least 4 members (excludes halogenated alkanes) is 2. The molecule has 0 atom stereocenters. The van der Waals surface area contributed by atoms with Crippen LogP contribution in [0, 0.1) is 0 Å². The normalized spacial score (nSPS) is 10.6. The molecule has 6 heteroatoms. The number of carbonyl (C=O) groups is 2. The second-order valence-electron chi connectivity index (χ2n) is 6.90. The Balaban J connectivity index is 1.70. The number of nitrogens with one attached hydrogen (secondary N) is 1. The van der Waals surface area contributed by atoms with Gasteiger partial charge in [-0.2, -0.15) is 5.10 Å². The van der Waals surface area contributed by atoms with Crippen LogP contribution in [0.15, 0.2) is 66.9 Å². The standard InChI is InChI=1S/C23H25N3O3/c27-21(28)14-8-3-9-15-24-23(29)20-17-26(16-18-10-4-1-5-11-18)25-22(20)19-12-6-2-7-13-19/h1-2,4-7,10-13,17H,3,8-9,14-16H2,(H,24,29)(H,27,28). The van der Waals surface area contributed by atoms with E-state index in [-0.39, 0.29) is 12.3 Å². The molecule has 0 bridgehead atoms. The zero-order valence-corrected chi connectivity index (χ0v) is 16.3. The molecule has 2 N–H and O–H groups in total. The van der Waals surface area contributed by atoms with E-state index in [1.165, 1.54) is 0 Å². The maximum atomic E-state index is 12.8. The van der Waals surface area contributed by atoms with Crippen LogP contribution >= 0.6 is 0 Å². The van der Waals surface area contributed by atoms with Crippen molar-refractivity contribution in [3.8, 4) is 11.3 Å². The van der Waals surface area contributed by atoms with E-state index in [0.29, 0.717) is 30.8 Å². The fourth-order valence-corrected chi connectivity index (χ4v) is 3.12. The van der Waals surface area contributed by atoms with Crippen molar-refractivity contribution in [3.05, 3.63) is 78.0 Å². The predicted molar refractivity (Wildman–Crippen MR) is 112 cm³/mol. The van der Waals surface area contributed by atoms with Gasteiger partial charge < -0.3 is 10.4 Å². The number of hydrogen-bond acceptors (Lipinski definition) is 3. The maximum absolute atomic E-state index is 12.8. The molecule has 1 amide bonds. The van der Waals surface area contributed by atoms with Gasteiger partial charge in [0.05, 0.1) is 12.1 Å². The van der Waals surface area contributed by atoms with Crippen LogP contribution in [-0.2, 0) is 11.3 Å². The van der Waals surface area contributed by atoms with Gasteiger partial charge in [-0.3, -0.25) is 14.3 Å². The summed E-state index contributed by atoms with van der Waals surface area (Å²) in [5.74, 6) is -0.950. The highest BCUT2D eigenvalue weighted by Crippen LogP contribution is 2.22. The van der Waals surface area contributed by atoms with Crippen molar-refractivity contribution < 1.29 is 14.7 Å². The van der Waals surface area contributed by atoms with Gasteiger partial charge in [0, 0.05) is 24.7 Å². The van der Waals surface area contributed by atoms with Crippen molar-refractivity contribution >= 4 is 11.9 Å². The summed E-state index contributed by atoms with van der Waals surface area (Å²) in [7, 11) is 0. The van der Waals surface area contributed by atoms with Crippen LogP contribution in [0.1, 0.15) is 41.6 Å². The Kier molecular flexibility index (Phi) is 7.16. The molecule has 0 radical (unpaired) electrons. The summed E-state index contributed by atoms with van der Waals surface area (Å²) >= 11 is 0. The maximum Gasteiger partial charge on any atom is 0.303 e. The minimum atomic E-state index is -0.785. The van der Waals surface area contributed by atoms with Crippen molar-refractivity contribution in [2.24, 2.45) is 0 Å². The summed E-state index contributed by atoms with van der Waals surface area (Å²) in [6.45, 7) is 1.10. The molecule has 0 saturated carbocycles. The third kappa shape index (κ3) is 6.04. The third-order valence-electron chi connectivity index (χ3n) is 4.59. The lowest BCUT2D eigenvalue weighted by Crippen LogP contribution is -2.24. The number of carboxylic acids is 1. The average Bonchev–Trinajstić information content (AvgIpc) is 3.15. The van der Waals surface area contributed by atoms with E-state index in [4.69, 9.17) is 5.11 Å². The molecule has 0 aliphatic heterocycles. The van der Waals surface area contributed by atoms with Crippen molar-refractivity contribution in [2.75, 3.05) is 6.54 Å². The zero-order chi connectivity index (χ0) is 20.5. The molecule has 1 aromatic heterocycles. The van der Waals surface area contributed by atoms with Gasteiger partial charge in [0.15, 0.2) is 0 Å². The van der Waals surface area contributed by atoms with Gasteiger partial charge in [0.25, 0.3) is 5.91 Å². The molecule has 0 fully saturated rings. The van der Waals surface area contributed by atoms with E-state index in [2.05, 4.69) is 10.4 Å². The topological polar surface area (TPSA) is 84.2 Å². The first-order valence-electron chi connectivity index (χ1n) is 9.80. The second-order valence-corrected chi connectivity index (χ2v) is 6.90. The van der Waals surface area contributed by atoms with Gasteiger partial charge in [-0.1, -0.05) is 67.1 Å². The molecule has 3 aromatic rings. The first-order chi connectivity index (χ1) is 14.1. The fraction of sp³-hybridized carbons (Fsp3) is 0.261. The van der Waals surface area contributed by atoms with Crippen molar-refractivity contribution in [2.45, 2.75) is 32.2 Å². The molecule has 3 rings (SSSR count). The lowest BCUT2D eigenvalue weighted by Gasteiger charge is -2.05. The lowest BCUT2D eigenvalue weighted by molar-refractivity contribution is -0.137. The number of hydrogen-bond donors (Lipinski definition) is 2. The predicted octanol–water partition coefficient (Wildman–Crippen LogP) is 3.97. The van der Waals surface area contributed by atoms with Crippen molar-refractivity contribution in [1.82, 2.24) is 15.1 Å². The monoisotopic (exact) mass is 391 g/mol. The number of aliphatic carboxylic acids is 1. The Bertz CT molecular complexity index is 937. The Hall–Kier alpha value is -3.41. The second kappa shape index (κ2) is 10.2. The summed E-state index contributed by atoms with van der Waals surface area (Å²) in [6, 6.07) is 19.7. The van der Waals surface area contributed by atoms with Gasteiger partial charge in [-0.25, -0.2) is 0 Å². The highest BCUT2D eigenvalue weighted by atomic mass is 16.4. The SMILES string of the molecule is O=C(O)CCCCCNC(=O)c1cn(Cc2ccccc2)nc1-c1ccccc1. The van der Waals surface area contributed by atoms with Gasteiger partial charge in [0.1, 0.15) is 5.69 Å². The van der Waals surface area contributed by atoms with E-state index in [1.807, 2.05) is 60.7 Å². The quantitative estimate of drug-likeness (QED) is 0.512. The van der Waals surface area contributed by atoms with E-state index < -0.39 is 5.97 Å². The average molecular weight is 391 g/mol. The summed E-state index contributed by atoms with van der Waals surface area (Å²) in [6.07, 6.45) is 4.09. The van der Waals surface area contributed by atoms with Gasteiger partial charge in [-0.05, 0) is 18.4 Å². The Labute approximate surface area is 170 Å². The Morgan fingerprint density at radius 1 is 0.931 bits per heavy atom. The van der Waals surface area contributed by atoms with Gasteiger partial charge >= 0.3 is 5.97 Å². The number of carbonyl (C=O) groups excluding carboxylic acids is 1. The van der Waals surface area contributed by atoms with Crippen LogP contribution in [-0.4, -0.2) is 33.3 Å². The van der Waals surface area contributed by atoms with Gasteiger partial charge in [-0.15, -0.1) is 0 Å². The highest BCUT2D eigenvalue weighted by Gasteiger charge is 2.17. The number of amides is 1. The lowest BCUT2D eigenvalue weighted by atomic mass is 10.1. The van der Waals surface area contributed by atoms with E-state index in [9.17, 15) is 9.59 Å². The minimum absolute atomic E-state index is 0.165. The molecule has 2 aromatic carbocycles. The van der Waals surface area contributed by atoms with E-state index in [0.717, 1.165) is 24.0 Å².